The zero-order valence-electron chi connectivity index (χ0n) is 15.5. The highest BCUT2D eigenvalue weighted by Crippen LogP contribution is 2.17. The number of ether oxygens (including phenoxy) is 1. The van der Waals surface area contributed by atoms with Crippen molar-refractivity contribution in [3.8, 4) is 5.75 Å². The molecular weight excluding hydrogens is 434 g/mol. The number of halogens is 2. The Morgan fingerprint density at radius 1 is 1.36 bits per heavy atom. The molecule has 1 aromatic rings. The molecular formula is C18H30FIN4O. The molecule has 0 saturated carbocycles. The summed E-state index contributed by atoms with van der Waals surface area (Å²) >= 11 is 0. The van der Waals surface area contributed by atoms with Crippen LogP contribution in [0.25, 0.3) is 0 Å². The molecule has 2 rings (SSSR count). The lowest BCUT2D eigenvalue weighted by molar-refractivity contribution is 0.167. The second-order valence-electron chi connectivity index (χ2n) is 6.44. The predicted molar refractivity (Wildman–Crippen MR) is 111 cm³/mol. The van der Waals surface area contributed by atoms with E-state index in [1.54, 1.807) is 13.1 Å². The van der Waals surface area contributed by atoms with Gasteiger partial charge in [0.25, 0.3) is 0 Å². The molecule has 0 unspecified atom stereocenters. The largest absolute Gasteiger partial charge is 0.494 e. The van der Waals surface area contributed by atoms with Crippen LogP contribution < -0.4 is 15.4 Å². The van der Waals surface area contributed by atoms with E-state index in [4.69, 9.17) is 4.74 Å². The summed E-state index contributed by atoms with van der Waals surface area (Å²) in [5, 5.41) is 6.72. The Balaban J connectivity index is 0.00000312. The first kappa shape index (κ1) is 22.0. The molecule has 1 aromatic carbocycles. The fourth-order valence-electron chi connectivity index (χ4n) is 2.95. The molecule has 0 aliphatic carbocycles. The van der Waals surface area contributed by atoms with Crippen molar-refractivity contribution >= 4 is 29.9 Å². The summed E-state index contributed by atoms with van der Waals surface area (Å²) in [6, 6.07) is 6.01. The minimum atomic E-state index is -0.346. The Kier molecular flexibility index (Phi) is 9.48. The van der Waals surface area contributed by atoms with Crippen LogP contribution in [-0.2, 0) is 6.54 Å². The normalized spacial score (nSPS) is 16.5. The van der Waals surface area contributed by atoms with Crippen molar-refractivity contribution in [3.05, 3.63) is 29.6 Å². The summed E-state index contributed by atoms with van der Waals surface area (Å²) < 4.78 is 18.7. The highest BCUT2D eigenvalue weighted by atomic mass is 127. The van der Waals surface area contributed by atoms with Gasteiger partial charge in [-0.3, -0.25) is 4.99 Å². The quantitative estimate of drug-likeness (QED) is 0.400. The van der Waals surface area contributed by atoms with Gasteiger partial charge >= 0.3 is 0 Å². The maximum absolute atomic E-state index is 13.7. The van der Waals surface area contributed by atoms with Gasteiger partial charge in [-0.05, 0) is 44.4 Å². The van der Waals surface area contributed by atoms with Gasteiger partial charge in [0.15, 0.2) is 17.5 Å². The van der Waals surface area contributed by atoms with Crippen LogP contribution in [0, 0.1) is 5.82 Å². The van der Waals surface area contributed by atoms with Crippen molar-refractivity contribution in [1.82, 2.24) is 15.5 Å². The summed E-state index contributed by atoms with van der Waals surface area (Å²) in [6.45, 7) is 7.21. The van der Waals surface area contributed by atoms with E-state index < -0.39 is 0 Å². The maximum atomic E-state index is 13.7. The predicted octanol–water partition coefficient (Wildman–Crippen LogP) is 2.99. The third-order valence-corrected chi connectivity index (χ3v) is 4.50. The number of benzene rings is 1. The van der Waals surface area contributed by atoms with Crippen molar-refractivity contribution < 1.29 is 9.13 Å². The molecule has 0 bridgehead atoms. The zero-order valence-corrected chi connectivity index (χ0v) is 17.8. The molecule has 0 spiro atoms. The molecule has 1 aliphatic heterocycles. The van der Waals surface area contributed by atoms with Gasteiger partial charge in [-0.1, -0.05) is 6.07 Å². The van der Waals surface area contributed by atoms with E-state index in [1.165, 1.54) is 13.2 Å². The van der Waals surface area contributed by atoms with Gasteiger partial charge in [-0.15, -0.1) is 24.0 Å². The van der Waals surface area contributed by atoms with Gasteiger partial charge in [-0.2, -0.15) is 0 Å². The van der Waals surface area contributed by atoms with Crippen LogP contribution in [0.4, 0.5) is 4.39 Å². The molecule has 142 valence electrons. The van der Waals surface area contributed by atoms with Crippen LogP contribution in [0.5, 0.6) is 5.75 Å². The standard InChI is InChI=1S/C18H29FN4O.HI/c1-13(2)23-9-7-15(8-10-23)22-18(20-3)21-12-14-5-6-17(24-4)16(19)11-14;/h5-6,11,13,15H,7-10,12H2,1-4H3,(H2,20,21,22);1H. The molecule has 2 N–H and O–H groups in total. The molecule has 1 heterocycles. The summed E-state index contributed by atoms with van der Waals surface area (Å²) in [4.78, 5) is 6.76. The monoisotopic (exact) mass is 464 g/mol. The summed E-state index contributed by atoms with van der Waals surface area (Å²) in [6.07, 6.45) is 2.21. The Labute approximate surface area is 167 Å². The van der Waals surface area contributed by atoms with E-state index >= 15 is 0 Å². The smallest absolute Gasteiger partial charge is 0.191 e. The first-order valence-corrected chi connectivity index (χ1v) is 8.57. The SMILES string of the molecule is CN=C(NCc1ccc(OC)c(F)c1)NC1CCN(C(C)C)CC1.I. The Morgan fingerprint density at radius 2 is 2.04 bits per heavy atom. The number of guanidine groups is 1. The molecule has 0 amide bonds. The van der Waals surface area contributed by atoms with Crippen molar-refractivity contribution in [2.45, 2.75) is 45.3 Å². The van der Waals surface area contributed by atoms with Gasteiger partial charge in [0.05, 0.1) is 7.11 Å². The first-order valence-electron chi connectivity index (χ1n) is 8.57. The van der Waals surface area contributed by atoms with Gasteiger partial charge in [0.1, 0.15) is 0 Å². The number of nitrogens with zero attached hydrogens (tertiary/aromatic N) is 2. The van der Waals surface area contributed by atoms with E-state index in [-0.39, 0.29) is 35.5 Å². The molecule has 7 heteroatoms. The summed E-state index contributed by atoms with van der Waals surface area (Å²) in [7, 11) is 3.22. The number of hydrogen-bond acceptors (Lipinski definition) is 3. The van der Waals surface area contributed by atoms with Crippen LogP contribution in [0.1, 0.15) is 32.3 Å². The van der Waals surface area contributed by atoms with Crippen LogP contribution >= 0.6 is 24.0 Å². The molecule has 0 atom stereocenters. The van der Waals surface area contributed by atoms with Crippen molar-refractivity contribution in [3.63, 3.8) is 0 Å². The Bertz CT molecular complexity index is 560. The Hall–Kier alpha value is -1.09. The fourth-order valence-corrected chi connectivity index (χ4v) is 2.95. The molecule has 1 saturated heterocycles. The van der Waals surface area contributed by atoms with Gasteiger partial charge in [0.2, 0.25) is 0 Å². The maximum Gasteiger partial charge on any atom is 0.191 e. The van der Waals surface area contributed by atoms with Crippen molar-refractivity contribution in [1.29, 1.82) is 0 Å². The average Bonchev–Trinajstić information content (AvgIpc) is 2.59. The molecule has 5 nitrogen and oxygen atoms in total. The lowest BCUT2D eigenvalue weighted by Crippen LogP contribution is -2.49. The number of aliphatic imine (C=N–C) groups is 1. The topological polar surface area (TPSA) is 48.9 Å². The van der Waals surface area contributed by atoms with Crippen molar-refractivity contribution in [2.24, 2.45) is 4.99 Å². The van der Waals surface area contributed by atoms with Crippen LogP contribution in [0.2, 0.25) is 0 Å². The highest BCUT2D eigenvalue weighted by Gasteiger charge is 2.21. The van der Waals surface area contributed by atoms with E-state index in [1.807, 2.05) is 6.07 Å². The lowest BCUT2D eigenvalue weighted by Gasteiger charge is -2.35. The second-order valence-corrected chi connectivity index (χ2v) is 6.44. The molecule has 0 aromatic heterocycles. The Morgan fingerprint density at radius 3 is 2.56 bits per heavy atom. The second kappa shape index (κ2) is 10.8. The highest BCUT2D eigenvalue weighted by molar-refractivity contribution is 14.0. The number of nitrogens with one attached hydrogen (secondary N) is 2. The van der Waals surface area contributed by atoms with Crippen LogP contribution in [0.3, 0.4) is 0 Å². The van der Waals surface area contributed by atoms with E-state index in [0.717, 1.165) is 37.5 Å². The van der Waals surface area contributed by atoms with Crippen LogP contribution in [0.15, 0.2) is 23.2 Å². The molecule has 25 heavy (non-hydrogen) atoms. The van der Waals surface area contributed by atoms with E-state index in [9.17, 15) is 4.39 Å². The number of rotatable bonds is 5. The lowest BCUT2D eigenvalue weighted by atomic mass is 10.0. The average molecular weight is 464 g/mol. The van der Waals surface area contributed by atoms with E-state index in [0.29, 0.717) is 18.6 Å². The third kappa shape index (κ3) is 6.62. The van der Waals surface area contributed by atoms with Crippen molar-refractivity contribution in [2.75, 3.05) is 27.2 Å². The molecule has 1 fully saturated rings. The minimum Gasteiger partial charge on any atom is -0.494 e. The van der Waals surface area contributed by atoms with Gasteiger partial charge in [0, 0.05) is 38.8 Å². The molecule has 1 aliphatic rings. The van der Waals surface area contributed by atoms with Crippen LogP contribution in [-0.4, -0.2) is 50.2 Å². The zero-order chi connectivity index (χ0) is 17.5. The number of likely N-dealkylation sites (tertiary alicyclic amines) is 1. The minimum absolute atomic E-state index is 0. The fraction of sp³-hybridized carbons (Fsp3) is 0.611. The first-order chi connectivity index (χ1) is 11.5. The number of piperidine rings is 1. The summed E-state index contributed by atoms with van der Waals surface area (Å²) in [5.74, 6) is 0.674. The number of methoxy groups -OCH3 is 1. The van der Waals surface area contributed by atoms with E-state index in [2.05, 4.69) is 34.4 Å². The summed E-state index contributed by atoms with van der Waals surface area (Å²) in [5.41, 5.74) is 0.853. The van der Waals surface area contributed by atoms with Gasteiger partial charge in [-0.25, -0.2) is 4.39 Å². The van der Waals surface area contributed by atoms with Gasteiger partial charge < -0.3 is 20.3 Å². The third-order valence-electron chi connectivity index (χ3n) is 4.50. The molecule has 0 radical (unpaired) electrons. The number of hydrogen-bond donors (Lipinski definition) is 2.